The van der Waals surface area contributed by atoms with Crippen molar-refractivity contribution in [3.05, 3.63) is 66.2 Å². The maximum absolute atomic E-state index is 14.6. The molecule has 4 heterocycles. The van der Waals surface area contributed by atoms with Crippen molar-refractivity contribution in [2.45, 2.75) is 18.5 Å². The third kappa shape index (κ3) is 3.59. The topological polar surface area (TPSA) is 86.2 Å². The Morgan fingerprint density at radius 2 is 2.09 bits per heavy atom. The van der Waals surface area contributed by atoms with Gasteiger partial charge in [-0.2, -0.15) is 5.10 Å². The first kappa shape index (κ1) is 21.5. The number of methoxy groups -OCH3 is 1. The Bertz CT molecular complexity index is 1450. The molecule has 35 heavy (non-hydrogen) atoms. The number of hydrogen-bond donors (Lipinski definition) is 3. The molecule has 178 valence electrons. The average Bonchev–Trinajstić information content (AvgIpc) is 3.60. The Kier molecular flexibility index (Phi) is 5.14. The number of hydrogen-bond acceptors (Lipinski definition) is 5. The molecule has 0 unspecified atom stereocenters. The standard InChI is InChI=1S/C26H25FN6O2/c1-32-22-10-9-20(25(17(22)13-29-32)33-14-15-11-16(33)12-28-15)31-26(34)21-7-4-6-19(30-21)24-18(27)5-3-8-23(24)35-2/h3-10,13,15-16,28H,11-12,14H2,1-2H3,(H,31,34)/p+1/t15-,16-/m1/s1. The fourth-order valence-electron chi connectivity index (χ4n) is 5.32. The zero-order valence-corrected chi connectivity index (χ0v) is 19.5. The van der Waals surface area contributed by atoms with Gasteiger partial charge in [-0.25, -0.2) is 9.37 Å². The molecule has 4 aromatic rings. The van der Waals surface area contributed by atoms with Crippen molar-refractivity contribution in [2.24, 2.45) is 7.05 Å². The largest absolute Gasteiger partial charge is 0.496 e. The fraction of sp³-hybridized carbons (Fsp3) is 0.269. The van der Waals surface area contributed by atoms with E-state index < -0.39 is 5.82 Å². The van der Waals surface area contributed by atoms with E-state index in [0.29, 0.717) is 23.5 Å². The molecule has 2 saturated heterocycles. The number of nitrogens with one attached hydrogen (secondary N) is 3. The summed E-state index contributed by atoms with van der Waals surface area (Å²) in [7, 11) is 3.45. The van der Waals surface area contributed by atoms with E-state index in [2.05, 4.69) is 25.6 Å². The van der Waals surface area contributed by atoms with E-state index in [9.17, 15) is 9.18 Å². The molecule has 2 fully saturated rings. The zero-order chi connectivity index (χ0) is 24.1. The number of benzene rings is 2. The molecule has 2 aliphatic rings. The van der Waals surface area contributed by atoms with Gasteiger partial charge in [0.2, 0.25) is 5.52 Å². The molecule has 3 N–H and O–H groups in total. The molecule has 6 rings (SSSR count). The third-order valence-electron chi connectivity index (χ3n) is 6.98. The molecular formula is C26H26FN6O2+. The molecule has 0 aliphatic carbocycles. The van der Waals surface area contributed by atoms with E-state index in [1.54, 1.807) is 30.3 Å². The van der Waals surface area contributed by atoms with Crippen molar-refractivity contribution in [1.82, 2.24) is 15.4 Å². The summed E-state index contributed by atoms with van der Waals surface area (Å²) in [4.78, 5) is 20.2. The summed E-state index contributed by atoms with van der Waals surface area (Å²) in [6, 6.07) is 14.4. The molecular weight excluding hydrogens is 447 g/mol. The van der Waals surface area contributed by atoms with Gasteiger partial charge in [0.25, 0.3) is 5.91 Å². The highest BCUT2D eigenvalue weighted by Gasteiger charge is 2.40. The van der Waals surface area contributed by atoms with Gasteiger partial charge >= 0.3 is 0 Å². The molecule has 2 aromatic heterocycles. The molecule has 2 atom stereocenters. The van der Waals surface area contributed by atoms with Crippen molar-refractivity contribution in [3.63, 3.8) is 0 Å². The van der Waals surface area contributed by atoms with Crippen LogP contribution in [-0.4, -0.2) is 48.3 Å². The molecule has 2 aromatic carbocycles. The van der Waals surface area contributed by atoms with Crippen LogP contribution < -0.4 is 25.0 Å². The van der Waals surface area contributed by atoms with Gasteiger partial charge < -0.3 is 20.3 Å². The van der Waals surface area contributed by atoms with Crippen LogP contribution in [0.3, 0.4) is 0 Å². The van der Waals surface area contributed by atoms with Crippen LogP contribution in [0, 0.1) is 5.82 Å². The Labute approximate surface area is 201 Å². The summed E-state index contributed by atoms with van der Waals surface area (Å²) < 4.78 is 21.9. The van der Waals surface area contributed by atoms with Gasteiger partial charge in [-0.1, -0.05) is 12.1 Å². The lowest BCUT2D eigenvalue weighted by molar-refractivity contribution is -0.702. The van der Waals surface area contributed by atoms with Gasteiger partial charge in [-0.3, -0.25) is 4.79 Å². The van der Waals surface area contributed by atoms with Gasteiger partial charge in [0.15, 0.2) is 7.05 Å². The number of ether oxygens (including phenoxy) is 1. The van der Waals surface area contributed by atoms with Crippen LogP contribution in [0.25, 0.3) is 22.2 Å². The van der Waals surface area contributed by atoms with Crippen LogP contribution >= 0.6 is 0 Å². The number of piperazine rings is 1. The van der Waals surface area contributed by atoms with Gasteiger partial charge in [0.1, 0.15) is 17.3 Å². The predicted octanol–water partition coefficient (Wildman–Crippen LogP) is 3.00. The second-order valence-corrected chi connectivity index (χ2v) is 9.05. The van der Waals surface area contributed by atoms with Crippen LogP contribution in [0.4, 0.5) is 15.8 Å². The second-order valence-electron chi connectivity index (χ2n) is 9.05. The number of aryl methyl sites for hydroxylation is 1. The first-order chi connectivity index (χ1) is 17.0. The Hall–Kier alpha value is -3.98. The lowest BCUT2D eigenvalue weighted by Crippen LogP contribution is -2.44. The van der Waals surface area contributed by atoms with E-state index in [1.165, 1.54) is 13.2 Å². The molecule has 9 heteroatoms. The predicted molar refractivity (Wildman–Crippen MR) is 131 cm³/mol. The van der Waals surface area contributed by atoms with Crippen molar-refractivity contribution in [1.29, 1.82) is 0 Å². The van der Waals surface area contributed by atoms with E-state index >= 15 is 0 Å². The van der Waals surface area contributed by atoms with E-state index in [0.717, 1.165) is 41.8 Å². The quantitative estimate of drug-likeness (QED) is 0.388. The number of halogens is 1. The minimum absolute atomic E-state index is 0.197. The number of carbonyl (C=O) groups is 1. The summed E-state index contributed by atoms with van der Waals surface area (Å²) in [5, 5.41) is 10.9. The Morgan fingerprint density at radius 3 is 2.86 bits per heavy atom. The van der Waals surface area contributed by atoms with E-state index in [1.807, 2.05) is 30.1 Å². The van der Waals surface area contributed by atoms with Crippen molar-refractivity contribution < 1.29 is 18.6 Å². The van der Waals surface area contributed by atoms with Gasteiger partial charge in [-0.15, -0.1) is 4.68 Å². The number of nitrogens with zero attached hydrogens (tertiary/aromatic N) is 3. The number of aromatic nitrogens is 3. The second kappa shape index (κ2) is 8.35. The lowest BCUT2D eigenvalue weighted by Gasteiger charge is -2.31. The summed E-state index contributed by atoms with van der Waals surface area (Å²) in [6.07, 6.45) is 3.07. The highest BCUT2D eigenvalue weighted by molar-refractivity contribution is 6.08. The monoisotopic (exact) mass is 473 g/mol. The number of H-pyrrole nitrogens is 1. The molecule has 1 amide bonds. The van der Waals surface area contributed by atoms with Crippen LogP contribution in [0.2, 0.25) is 0 Å². The Morgan fingerprint density at radius 1 is 1.23 bits per heavy atom. The molecule has 0 radical (unpaired) electrons. The van der Waals surface area contributed by atoms with Crippen LogP contribution in [-0.2, 0) is 7.05 Å². The first-order valence-corrected chi connectivity index (χ1v) is 11.6. The number of anilines is 2. The number of fused-ring (bicyclic) bond motifs is 3. The van der Waals surface area contributed by atoms with Gasteiger partial charge in [-0.05, 0) is 36.8 Å². The summed E-state index contributed by atoms with van der Waals surface area (Å²) in [6.45, 7) is 1.82. The molecule has 0 saturated carbocycles. The number of amides is 1. The van der Waals surface area contributed by atoms with Gasteiger partial charge in [0.05, 0.1) is 41.3 Å². The van der Waals surface area contributed by atoms with Gasteiger partial charge in [0, 0.05) is 31.2 Å². The van der Waals surface area contributed by atoms with Crippen LogP contribution in [0.5, 0.6) is 5.75 Å². The first-order valence-electron chi connectivity index (χ1n) is 11.6. The third-order valence-corrected chi connectivity index (χ3v) is 6.98. The van der Waals surface area contributed by atoms with Crippen molar-refractivity contribution >= 4 is 28.2 Å². The maximum Gasteiger partial charge on any atom is 0.274 e. The minimum atomic E-state index is -0.458. The minimum Gasteiger partial charge on any atom is -0.496 e. The fourth-order valence-corrected chi connectivity index (χ4v) is 5.32. The van der Waals surface area contributed by atoms with Crippen molar-refractivity contribution in [3.8, 4) is 17.0 Å². The number of rotatable bonds is 5. The summed E-state index contributed by atoms with van der Waals surface area (Å²) >= 11 is 0. The average molecular weight is 474 g/mol. The summed E-state index contributed by atoms with van der Waals surface area (Å²) in [5.74, 6) is -0.453. The molecule has 8 nitrogen and oxygen atoms in total. The maximum atomic E-state index is 14.6. The number of carbonyl (C=O) groups excluding carboxylic acids is 1. The van der Waals surface area contributed by atoms with E-state index in [4.69, 9.17) is 4.74 Å². The van der Waals surface area contributed by atoms with Crippen LogP contribution in [0.1, 0.15) is 16.9 Å². The Balaban J connectivity index is 1.37. The smallest absolute Gasteiger partial charge is 0.274 e. The lowest BCUT2D eigenvalue weighted by atomic mass is 10.1. The SMILES string of the molecule is COc1cccc(F)c1-c1cccc(C(=O)Nc2ccc3c(c[nH][n+]3C)c2N2C[C@H]3C[C@@H]2CN3)n1. The zero-order valence-electron chi connectivity index (χ0n) is 19.5. The molecule has 2 bridgehead atoms. The number of aromatic amines is 1. The normalized spacial score (nSPS) is 18.9. The summed E-state index contributed by atoms with van der Waals surface area (Å²) in [5.41, 5.74) is 3.55. The molecule has 2 aliphatic heterocycles. The van der Waals surface area contributed by atoms with E-state index in [-0.39, 0.29) is 17.2 Å². The van der Waals surface area contributed by atoms with Crippen molar-refractivity contribution in [2.75, 3.05) is 30.4 Å². The number of pyridine rings is 1. The highest BCUT2D eigenvalue weighted by Crippen LogP contribution is 2.39. The highest BCUT2D eigenvalue weighted by atomic mass is 19.1. The van der Waals surface area contributed by atoms with Crippen LogP contribution in [0.15, 0.2) is 54.7 Å². The molecule has 0 spiro atoms.